The van der Waals surface area contributed by atoms with E-state index in [9.17, 15) is 14.4 Å². The summed E-state index contributed by atoms with van der Waals surface area (Å²) in [7, 11) is 0. The Hall–Kier alpha value is -4.53. The van der Waals surface area contributed by atoms with E-state index in [1.807, 2.05) is 36.4 Å². The van der Waals surface area contributed by atoms with Crippen LogP contribution in [0.1, 0.15) is 5.56 Å². The van der Waals surface area contributed by atoms with E-state index in [-0.39, 0.29) is 19.8 Å². The number of ether oxygens (including phenoxy) is 3. The summed E-state index contributed by atoms with van der Waals surface area (Å²) in [6.07, 6.45) is 0. The second kappa shape index (κ2) is 13.1. The topological polar surface area (TPSA) is 115 Å². The first kappa shape index (κ1) is 24.1. The smallest absolute Gasteiger partial charge is 0.276 e. The highest BCUT2D eigenvalue weighted by Crippen LogP contribution is 2.18. The van der Waals surface area contributed by atoms with E-state index in [2.05, 4.69) is 16.2 Å². The Balaban J connectivity index is 1.27. The van der Waals surface area contributed by atoms with Crippen molar-refractivity contribution in [2.24, 2.45) is 0 Å². The predicted octanol–water partition coefficient (Wildman–Crippen LogP) is 1.99. The summed E-state index contributed by atoms with van der Waals surface area (Å²) in [5.41, 5.74) is 5.47. The number of carbonyl (C=O) groups excluding carboxylic acids is 3. The molecule has 9 nitrogen and oxygen atoms in total. The minimum absolute atomic E-state index is 0.229. The van der Waals surface area contributed by atoms with E-state index in [0.717, 1.165) is 5.56 Å². The number of nitrogens with one attached hydrogen (secondary N) is 3. The highest BCUT2D eigenvalue weighted by Gasteiger charge is 2.08. The summed E-state index contributed by atoms with van der Waals surface area (Å²) in [6.45, 7) is -0.401. The maximum atomic E-state index is 11.9. The van der Waals surface area contributed by atoms with Gasteiger partial charge in [0.1, 0.15) is 23.9 Å². The zero-order valence-corrected chi connectivity index (χ0v) is 18.4. The van der Waals surface area contributed by atoms with Crippen LogP contribution in [0.5, 0.6) is 17.2 Å². The summed E-state index contributed by atoms with van der Waals surface area (Å²) in [5, 5.41) is 2.39. The first-order chi connectivity index (χ1) is 16.6. The minimum Gasteiger partial charge on any atom is -0.489 e. The van der Waals surface area contributed by atoms with Crippen LogP contribution in [0.15, 0.2) is 84.9 Å². The van der Waals surface area contributed by atoms with E-state index < -0.39 is 17.7 Å². The molecule has 34 heavy (non-hydrogen) atoms. The minimum atomic E-state index is -0.596. The normalized spacial score (nSPS) is 10.0. The number of hydrazine groups is 1. The van der Waals surface area contributed by atoms with Crippen molar-refractivity contribution in [1.29, 1.82) is 0 Å². The molecule has 3 N–H and O–H groups in total. The number of para-hydroxylation sites is 1. The molecule has 176 valence electrons. The molecule has 0 atom stereocenters. The molecule has 0 aliphatic heterocycles. The Morgan fingerprint density at radius 1 is 0.559 bits per heavy atom. The number of rotatable bonds is 11. The first-order valence-electron chi connectivity index (χ1n) is 10.5. The van der Waals surface area contributed by atoms with Crippen molar-refractivity contribution in [2.45, 2.75) is 6.61 Å². The second-order valence-corrected chi connectivity index (χ2v) is 7.01. The summed E-state index contributed by atoms with van der Waals surface area (Å²) in [4.78, 5) is 35.4. The van der Waals surface area contributed by atoms with Crippen molar-refractivity contribution in [2.75, 3.05) is 19.8 Å². The molecular formula is C25H25N3O6. The van der Waals surface area contributed by atoms with Crippen LogP contribution in [-0.4, -0.2) is 37.5 Å². The average molecular weight is 463 g/mol. The number of hydrogen-bond donors (Lipinski definition) is 3. The molecule has 3 amide bonds. The lowest BCUT2D eigenvalue weighted by Crippen LogP contribution is -2.48. The van der Waals surface area contributed by atoms with Gasteiger partial charge in [0.05, 0.1) is 6.54 Å². The fourth-order valence-corrected chi connectivity index (χ4v) is 2.64. The van der Waals surface area contributed by atoms with Gasteiger partial charge in [-0.25, -0.2) is 0 Å². The number of carbonyl (C=O) groups is 3. The van der Waals surface area contributed by atoms with Gasteiger partial charge in [0.2, 0.25) is 0 Å². The molecule has 0 saturated heterocycles. The first-order valence-corrected chi connectivity index (χ1v) is 10.5. The average Bonchev–Trinajstić information content (AvgIpc) is 2.89. The maximum absolute atomic E-state index is 11.9. The van der Waals surface area contributed by atoms with E-state index in [1.165, 1.54) is 0 Å². The van der Waals surface area contributed by atoms with E-state index in [4.69, 9.17) is 14.2 Å². The van der Waals surface area contributed by atoms with Crippen molar-refractivity contribution in [3.05, 3.63) is 90.5 Å². The molecule has 0 saturated carbocycles. The monoisotopic (exact) mass is 463 g/mol. The van der Waals surface area contributed by atoms with Gasteiger partial charge in [-0.1, -0.05) is 48.5 Å². The van der Waals surface area contributed by atoms with Crippen molar-refractivity contribution in [1.82, 2.24) is 16.2 Å². The van der Waals surface area contributed by atoms with Gasteiger partial charge >= 0.3 is 0 Å². The molecule has 3 aromatic rings. The lowest BCUT2D eigenvalue weighted by atomic mass is 10.2. The highest BCUT2D eigenvalue weighted by atomic mass is 16.5. The fourth-order valence-electron chi connectivity index (χ4n) is 2.64. The van der Waals surface area contributed by atoms with Crippen LogP contribution in [0.2, 0.25) is 0 Å². The SMILES string of the molecule is O=C(COc1ccccc1)NCC(=O)NNC(=O)COc1ccc(OCc2ccccc2)cc1. The third kappa shape index (κ3) is 8.91. The van der Waals surface area contributed by atoms with Crippen LogP contribution in [0.3, 0.4) is 0 Å². The summed E-state index contributed by atoms with van der Waals surface area (Å²) in [6, 6.07) is 25.4. The zero-order valence-electron chi connectivity index (χ0n) is 18.4. The molecule has 0 bridgehead atoms. The summed E-state index contributed by atoms with van der Waals surface area (Å²) >= 11 is 0. The van der Waals surface area contributed by atoms with Crippen molar-refractivity contribution >= 4 is 17.7 Å². The Bertz CT molecular complexity index is 1060. The van der Waals surface area contributed by atoms with Crippen LogP contribution in [-0.2, 0) is 21.0 Å². The van der Waals surface area contributed by atoms with Gasteiger partial charge in [0.15, 0.2) is 13.2 Å². The Kier molecular flexibility index (Phi) is 9.31. The largest absolute Gasteiger partial charge is 0.489 e. The van der Waals surface area contributed by atoms with Crippen LogP contribution >= 0.6 is 0 Å². The molecule has 0 fully saturated rings. The maximum Gasteiger partial charge on any atom is 0.276 e. The molecule has 0 radical (unpaired) electrons. The molecule has 0 aliphatic rings. The molecule has 0 heterocycles. The van der Waals surface area contributed by atoms with Crippen LogP contribution in [0.4, 0.5) is 0 Å². The van der Waals surface area contributed by atoms with E-state index in [0.29, 0.717) is 23.9 Å². The third-order valence-electron chi connectivity index (χ3n) is 4.34. The van der Waals surface area contributed by atoms with Gasteiger partial charge in [0.25, 0.3) is 17.7 Å². The van der Waals surface area contributed by atoms with Gasteiger partial charge in [-0.15, -0.1) is 0 Å². The quantitative estimate of drug-likeness (QED) is 0.375. The number of benzene rings is 3. The van der Waals surface area contributed by atoms with Gasteiger partial charge < -0.3 is 19.5 Å². The molecule has 3 rings (SSSR count). The van der Waals surface area contributed by atoms with E-state index in [1.54, 1.807) is 48.5 Å². The number of amides is 3. The molecule has 3 aromatic carbocycles. The van der Waals surface area contributed by atoms with Crippen molar-refractivity contribution < 1.29 is 28.6 Å². The van der Waals surface area contributed by atoms with Gasteiger partial charge in [0, 0.05) is 0 Å². The standard InChI is InChI=1S/C25H25N3O6/c29-23(15-26-24(30)17-33-20-9-5-2-6-10-20)27-28-25(31)18-34-22-13-11-21(12-14-22)32-16-19-7-3-1-4-8-19/h1-14H,15-18H2,(H,26,30)(H,27,29)(H,28,31). The molecule has 0 unspecified atom stereocenters. The summed E-state index contributed by atoms with van der Waals surface area (Å²) in [5.74, 6) is 0.0646. The molecule has 0 spiro atoms. The van der Waals surface area contributed by atoms with Crippen LogP contribution in [0, 0.1) is 0 Å². The highest BCUT2D eigenvalue weighted by molar-refractivity contribution is 5.87. The van der Waals surface area contributed by atoms with Crippen LogP contribution < -0.4 is 30.4 Å². The summed E-state index contributed by atoms with van der Waals surface area (Å²) < 4.78 is 16.4. The Morgan fingerprint density at radius 2 is 1.06 bits per heavy atom. The van der Waals surface area contributed by atoms with Gasteiger partial charge in [-0.05, 0) is 42.0 Å². The second-order valence-electron chi connectivity index (χ2n) is 7.01. The lowest BCUT2D eigenvalue weighted by Gasteiger charge is -2.10. The lowest BCUT2D eigenvalue weighted by molar-refractivity contribution is -0.131. The molecule has 0 aliphatic carbocycles. The molecule has 0 aromatic heterocycles. The predicted molar refractivity (Wildman–Crippen MR) is 124 cm³/mol. The van der Waals surface area contributed by atoms with Gasteiger partial charge in [-0.3, -0.25) is 25.2 Å². The third-order valence-corrected chi connectivity index (χ3v) is 4.34. The number of hydrogen-bond acceptors (Lipinski definition) is 6. The fraction of sp³-hybridized carbons (Fsp3) is 0.160. The zero-order chi connectivity index (χ0) is 24.0. The van der Waals surface area contributed by atoms with Crippen molar-refractivity contribution in [3.63, 3.8) is 0 Å². The van der Waals surface area contributed by atoms with Crippen molar-refractivity contribution in [3.8, 4) is 17.2 Å². The van der Waals surface area contributed by atoms with Gasteiger partial charge in [-0.2, -0.15) is 0 Å². The van der Waals surface area contributed by atoms with Crippen LogP contribution in [0.25, 0.3) is 0 Å². The van der Waals surface area contributed by atoms with E-state index >= 15 is 0 Å². The Morgan fingerprint density at radius 3 is 1.71 bits per heavy atom. The molecular weight excluding hydrogens is 438 g/mol. The molecule has 9 heteroatoms. The Labute approximate surface area is 197 Å².